The van der Waals surface area contributed by atoms with Crippen LogP contribution in [0.1, 0.15) is 64.5 Å². The number of benzene rings is 2. The van der Waals surface area contributed by atoms with E-state index in [-0.39, 0.29) is 24.7 Å². The number of carbonyl (C=O) groups is 2. The molecule has 1 fully saturated rings. The van der Waals surface area contributed by atoms with Crippen LogP contribution in [0.4, 0.5) is 13.9 Å². The van der Waals surface area contributed by atoms with Crippen LogP contribution in [-0.2, 0) is 11.2 Å². The van der Waals surface area contributed by atoms with Gasteiger partial charge in [-0.05, 0) is 72.9 Å². The molecular weight excluding hydrogens is 448 g/mol. The van der Waals surface area contributed by atoms with Crippen LogP contribution in [0, 0.1) is 17.6 Å². The number of nitrogens with zero attached hydrogens (tertiary/aromatic N) is 2. The lowest BCUT2D eigenvalue weighted by Crippen LogP contribution is -2.16. The lowest BCUT2D eigenvalue weighted by molar-refractivity contribution is -0.138. The molecule has 0 bridgehead atoms. The minimum Gasteiger partial charge on any atom is -0.481 e. The van der Waals surface area contributed by atoms with Crippen molar-refractivity contribution in [1.29, 1.82) is 0 Å². The first-order valence-electron chi connectivity index (χ1n) is 10.8. The number of carboxylic acid groups (broad SMARTS) is 1. The predicted molar refractivity (Wildman–Crippen MR) is 120 cm³/mol. The fraction of sp³-hybridized carbons (Fsp3) is 0.333. The molecule has 33 heavy (non-hydrogen) atoms. The van der Waals surface area contributed by atoms with Gasteiger partial charge in [0.2, 0.25) is 5.13 Å². The molecule has 0 unspecified atom stereocenters. The van der Waals surface area contributed by atoms with Gasteiger partial charge in [-0.2, -0.15) is 0 Å². The Bertz CT molecular complexity index is 1120. The van der Waals surface area contributed by atoms with Crippen LogP contribution in [-0.4, -0.2) is 27.2 Å². The summed E-state index contributed by atoms with van der Waals surface area (Å²) in [5, 5.41) is 20.4. The van der Waals surface area contributed by atoms with Crippen molar-refractivity contribution in [1.82, 2.24) is 10.2 Å². The number of hydrogen-bond donors (Lipinski definition) is 2. The van der Waals surface area contributed by atoms with Gasteiger partial charge in [0.15, 0.2) is 0 Å². The molecular formula is C24H23F2N3O3S. The van der Waals surface area contributed by atoms with Crippen LogP contribution >= 0.6 is 11.3 Å². The Morgan fingerprint density at radius 1 is 1.00 bits per heavy atom. The second kappa shape index (κ2) is 10.2. The molecule has 9 heteroatoms. The fourth-order valence-electron chi connectivity index (χ4n) is 4.29. The normalized spacial score (nSPS) is 18.1. The standard InChI is InChI=1S/C24H23F2N3O3S/c25-19-9-15(10-20(26)13-19)11-21-28-29-24(33-21)27-23(32)18-7-5-17(6-8-18)16-3-1-14(2-4-16)12-22(30)31/h5-10,13-14,16H,1-4,11-12H2,(H,30,31)(H,27,29,32). The van der Waals surface area contributed by atoms with E-state index in [4.69, 9.17) is 5.11 Å². The van der Waals surface area contributed by atoms with E-state index in [1.807, 2.05) is 12.1 Å². The first kappa shape index (κ1) is 23.0. The lowest BCUT2D eigenvalue weighted by Gasteiger charge is -2.28. The van der Waals surface area contributed by atoms with E-state index >= 15 is 0 Å². The number of aromatic nitrogens is 2. The molecule has 0 atom stereocenters. The molecule has 1 saturated carbocycles. The number of halogens is 2. The van der Waals surface area contributed by atoms with Gasteiger partial charge in [-0.1, -0.05) is 23.5 Å². The Morgan fingerprint density at radius 3 is 2.30 bits per heavy atom. The Hall–Kier alpha value is -3.20. The summed E-state index contributed by atoms with van der Waals surface area (Å²) in [5.41, 5.74) is 2.08. The molecule has 1 heterocycles. The summed E-state index contributed by atoms with van der Waals surface area (Å²) in [5.74, 6) is -1.73. The van der Waals surface area contributed by atoms with Gasteiger partial charge in [-0.15, -0.1) is 10.2 Å². The zero-order chi connectivity index (χ0) is 23.4. The van der Waals surface area contributed by atoms with Gasteiger partial charge in [0.1, 0.15) is 16.6 Å². The number of amides is 1. The third-order valence-electron chi connectivity index (χ3n) is 5.92. The van der Waals surface area contributed by atoms with Crippen LogP contribution in [0.3, 0.4) is 0 Å². The highest BCUT2D eigenvalue weighted by molar-refractivity contribution is 7.15. The Kier molecular flexibility index (Phi) is 7.08. The van der Waals surface area contributed by atoms with E-state index in [2.05, 4.69) is 15.5 Å². The zero-order valence-corrected chi connectivity index (χ0v) is 18.6. The number of carbonyl (C=O) groups excluding carboxylic acids is 1. The molecule has 0 aliphatic heterocycles. The molecule has 1 amide bonds. The van der Waals surface area contributed by atoms with E-state index < -0.39 is 17.6 Å². The van der Waals surface area contributed by atoms with E-state index in [9.17, 15) is 18.4 Å². The molecule has 0 radical (unpaired) electrons. The van der Waals surface area contributed by atoms with Gasteiger partial charge in [0, 0.05) is 24.5 Å². The summed E-state index contributed by atoms with van der Waals surface area (Å²) in [6.07, 6.45) is 4.16. The first-order valence-corrected chi connectivity index (χ1v) is 11.6. The molecule has 6 nitrogen and oxygen atoms in total. The second-order valence-corrected chi connectivity index (χ2v) is 9.41. The molecule has 1 aliphatic carbocycles. The summed E-state index contributed by atoms with van der Waals surface area (Å²) < 4.78 is 26.7. The predicted octanol–water partition coefficient (Wildman–Crippen LogP) is 5.41. The maximum absolute atomic E-state index is 13.4. The van der Waals surface area contributed by atoms with Crippen molar-refractivity contribution in [3.8, 4) is 0 Å². The summed E-state index contributed by atoms with van der Waals surface area (Å²) in [6, 6.07) is 10.7. The van der Waals surface area contributed by atoms with Crippen molar-refractivity contribution in [2.75, 3.05) is 5.32 Å². The Labute approximate surface area is 193 Å². The highest BCUT2D eigenvalue weighted by Gasteiger charge is 2.24. The monoisotopic (exact) mass is 471 g/mol. The number of anilines is 1. The maximum Gasteiger partial charge on any atom is 0.303 e. The Morgan fingerprint density at radius 2 is 1.67 bits per heavy atom. The van der Waals surface area contributed by atoms with Crippen LogP contribution < -0.4 is 5.32 Å². The average Bonchev–Trinajstić information content (AvgIpc) is 3.20. The summed E-state index contributed by atoms with van der Waals surface area (Å²) in [6.45, 7) is 0. The van der Waals surface area contributed by atoms with Gasteiger partial charge in [-0.3, -0.25) is 14.9 Å². The van der Waals surface area contributed by atoms with Crippen LogP contribution in [0.15, 0.2) is 42.5 Å². The molecule has 2 N–H and O–H groups in total. The van der Waals surface area contributed by atoms with Crippen molar-refractivity contribution >= 4 is 28.3 Å². The van der Waals surface area contributed by atoms with Crippen molar-refractivity contribution in [2.24, 2.45) is 5.92 Å². The minimum atomic E-state index is -0.737. The van der Waals surface area contributed by atoms with E-state index in [0.29, 0.717) is 27.2 Å². The summed E-state index contributed by atoms with van der Waals surface area (Å²) >= 11 is 1.15. The quantitative estimate of drug-likeness (QED) is 0.481. The van der Waals surface area contributed by atoms with Crippen LogP contribution in [0.5, 0.6) is 0 Å². The van der Waals surface area contributed by atoms with Gasteiger partial charge in [0.25, 0.3) is 5.91 Å². The Balaban J connectivity index is 1.32. The lowest BCUT2D eigenvalue weighted by atomic mass is 9.77. The molecule has 0 spiro atoms. The first-order chi connectivity index (χ1) is 15.9. The second-order valence-electron chi connectivity index (χ2n) is 8.35. The summed E-state index contributed by atoms with van der Waals surface area (Å²) in [7, 11) is 0. The molecule has 1 aliphatic rings. The minimum absolute atomic E-state index is 0.214. The third-order valence-corrected chi connectivity index (χ3v) is 6.76. The SMILES string of the molecule is O=C(O)CC1CCC(c2ccc(C(=O)Nc3nnc(Cc4cc(F)cc(F)c4)s3)cc2)CC1. The fourth-order valence-corrected chi connectivity index (χ4v) is 5.06. The van der Waals surface area contributed by atoms with Crippen molar-refractivity contribution in [2.45, 2.75) is 44.4 Å². The molecule has 1 aromatic heterocycles. The van der Waals surface area contributed by atoms with Gasteiger partial charge in [-0.25, -0.2) is 8.78 Å². The molecule has 4 rings (SSSR count). The van der Waals surface area contributed by atoms with Crippen LogP contribution in [0.25, 0.3) is 0 Å². The maximum atomic E-state index is 13.4. The number of rotatable bonds is 7. The molecule has 2 aromatic carbocycles. The highest BCUT2D eigenvalue weighted by Crippen LogP contribution is 2.37. The third kappa shape index (κ3) is 6.19. The van der Waals surface area contributed by atoms with E-state index in [1.54, 1.807) is 12.1 Å². The van der Waals surface area contributed by atoms with Crippen LogP contribution in [0.2, 0.25) is 0 Å². The molecule has 172 valence electrons. The van der Waals surface area contributed by atoms with Gasteiger partial charge in [0.05, 0.1) is 0 Å². The van der Waals surface area contributed by atoms with Gasteiger partial charge >= 0.3 is 5.97 Å². The topological polar surface area (TPSA) is 92.2 Å². The number of hydrogen-bond acceptors (Lipinski definition) is 5. The van der Waals surface area contributed by atoms with Gasteiger partial charge < -0.3 is 5.11 Å². The van der Waals surface area contributed by atoms with E-state index in [1.165, 1.54) is 12.1 Å². The van der Waals surface area contributed by atoms with E-state index in [0.717, 1.165) is 48.6 Å². The highest BCUT2D eigenvalue weighted by atomic mass is 32.1. The molecule has 3 aromatic rings. The number of aliphatic carboxylic acids is 1. The largest absolute Gasteiger partial charge is 0.481 e. The zero-order valence-electron chi connectivity index (χ0n) is 17.8. The van der Waals surface area contributed by atoms with Crippen molar-refractivity contribution in [3.05, 3.63) is 75.8 Å². The summed E-state index contributed by atoms with van der Waals surface area (Å²) in [4.78, 5) is 23.5. The number of carboxylic acids is 1. The number of nitrogens with one attached hydrogen (secondary N) is 1. The van der Waals surface area contributed by atoms with Crippen molar-refractivity contribution in [3.63, 3.8) is 0 Å². The van der Waals surface area contributed by atoms with Crippen molar-refractivity contribution < 1.29 is 23.5 Å². The smallest absolute Gasteiger partial charge is 0.303 e. The average molecular weight is 472 g/mol. The molecule has 0 saturated heterocycles.